The zero-order valence-electron chi connectivity index (χ0n) is 17.4. The Morgan fingerprint density at radius 1 is 0.556 bits per heavy atom. The summed E-state index contributed by atoms with van der Waals surface area (Å²) in [7, 11) is 0. The fourth-order valence-corrected chi connectivity index (χ4v) is 4.71. The van der Waals surface area contributed by atoms with Crippen molar-refractivity contribution >= 4 is 59.5 Å². The molecule has 0 unspecified atom stereocenters. The molecule has 0 heterocycles. The quantitative estimate of drug-likeness (QED) is 0.0764. The van der Waals surface area contributed by atoms with Gasteiger partial charge in [0, 0.05) is 0 Å². The smallest absolute Gasteiger partial charge is 0.691 e. The van der Waals surface area contributed by atoms with Crippen LogP contribution in [0.5, 0.6) is 0 Å². The van der Waals surface area contributed by atoms with Crippen molar-refractivity contribution in [3.05, 3.63) is 0 Å². The van der Waals surface area contributed by atoms with Crippen LogP contribution in [0, 0.1) is 0 Å². The maximum Gasteiger partial charge on any atom is 2.00 e. The first-order chi connectivity index (χ1) is 12.2. The molecule has 0 atom stereocenters. The summed E-state index contributed by atoms with van der Waals surface area (Å²) in [6.45, 7) is 11.0. The summed E-state index contributed by atoms with van der Waals surface area (Å²) in [5.41, 5.74) is -4.67. The minimum absolute atomic E-state index is 0. The first-order valence-electron chi connectivity index (χ1n) is 9.44. The van der Waals surface area contributed by atoms with E-state index in [9.17, 15) is 0 Å². The van der Waals surface area contributed by atoms with Gasteiger partial charge in [0.05, 0.1) is 37.8 Å². The molecule has 0 aliphatic carbocycles. The number of unbranched alkanes of at least 4 members (excludes halogenated alkanes) is 4. The molecule has 0 aliphatic rings. The Bertz CT molecular complexity index is 343. The van der Waals surface area contributed by atoms with Crippen LogP contribution < -0.4 is 0 Å². The molecular weight excluding hydrogens is 647 g/mol. The zero-order chi connectivity index (χ0) is 20.3. The predicted molar refractivity (Wildman–Crippen MR) is 127 cm³/mol. The minimum Gasteiger partial charge on any atom is -0.691 e. The van der Waals surface area contributed by atoms with E-state index >= 15 is 0 Å². The summed E-state index contributed by atoms with van der Waals surface area (Å²) in [5.74, 6) is 0. The largest absolute Gasteiger partial charge is 2.00 e. The molecule has 0 amide bonds. The van der Waals surface area contributed by atoms with E-state index in [4.69, 9.17) is 66.2 Å². The third-order valence-electron chi connectivity index (χ3n) is 2.99. The van der Waals surface area contributed by atoms with Gasteiger partial charge in [0.15, 0.2) is 0 Å². The molecule has 0 aromatic carbocycles. The van der Waals surface area contributed by atoms with Crippen molar-refractivity contribution < 1.29 is 45.8 Å². The van der Waals surface area contributed by atoms with Crippen LogP contribution in [0.2, 0.25) is 0 Å². The van der Waals surface area contributed by atoms with Crippen LogP contribution in [0.4, 0.5) is 0 Å². The molecule has 4 nitrogen and oxygen atoms in total. The summed E-state index contributed by atoms with van der Waals surface area (Å²) in [6, 6.07) is 0. The zero-order valence-corrected chi connectivity index (χ0v) is 27.9. The average Bonchev–Trinajstić information content (AvgIpc) is 2.56. The van der Waals surface area contributed by atoms with Gasteiger partial charge in [-0.15, -0.1) is 0 Å². The molecule has 11 heteroatoms. The summed E-state index contributed by atoms with van der Waals surface area (Å²) in [5, 5.41) is 0. The second-order valence-electron chi connectivity index (χ2n) is 5.64. The van der Waals surface area contributed by atoms with Gasteiger partial charge in [-0.25, -0.2) is 0 Å². The number of hydrogen-bond acceptors (Lipinski definition) is 8. The van der Waals surface area contributed by atoms with Crippen LogP contribution in [0.15, 0.2) is 0 Å². The van der Waals surface area contributed by atoms with Crippen molar-refractivity contribution in [3.63, 3.8) is 0 Å². The summed E-state index contributed by atoms with van der Waals surface area (Å²) >= 11 is 20.2. The second-order valence-corrected chi connectivity index (χ2v) is 15.6. The fraction of sp³-hybridized carbons (Fsp3) is 1.00. The van der Waals surface area contributed by atoms with Crippen LogP contribution in [-0.4, -0.2) is 26.4 Å². The molecule has 0 saturated carbocycles. The number of hydrogen-bond donors (Lipinski definition) is 0. The van der Waals surface area contributed by atoms with E-state index in [0.29, 0.717) is 26.4 Å². The average molecular weight is 683 g/mol. The van der Waals surface area contributed by atoms with Gasteiger partial charge in [-0.3, -0.25) is 0 Å². The van der Waals surface area contributed by atoms with Gasteiger partial charge in [-0.2, -0.15) is 0 Å². The van der Waals surface area contributed by atoms with Crippen molar-refractivity contribution in [1.82, 2.24) is 0 Å². The number of rotatable bonds is 16. The molecule has 0 spiro atoms. The van der Waals surface area contributed by atoms with Crippen LogP contribution in [0.1, 0.15) is 79.1 Å². The van der Waals surface area contributed by atoms with E-state index in [1.165, 1.54) is 0 Å². The fourth-order valence-electron chi connectivity index (χ4n) is 1.36. The van der Waals surface area contributed by atoms with Crippen molar-refractivity contribution in [2.24, 2.45) is 0 Å². The molecule has 0 bridgehead atoms. The SMILES string of the molecule is CCCCOP(=S)([S-])OCCCC.CCCCOP(=S)([S-])OCCCC.[Hg+2]. The molecule has 0 fully saturated rings. The normalized spacial score (nSPS) is 11.5. The molecule has 0 aromatic heterocycles. The molecule has 27 heavy (non-hydrogen) atoms. The maximum absolute atomic E-state index is 5.33. The topological polar surface area (TPSA) is 36.9 Å². The van der Waals surface area contributed by atoms with Gasteiger partial charge in [0.1, 0.15) is 0 Å². The van der Waals surface area contributed by atoms with Crippen LogP contribution in [0.25, 0.3) is 0 Å². The minimum atomic E-state index is -2.34. The van der Waals surface area contributed by atoms with Gasteiger partial charge in [-0.1, -0.05) is 77.0 Å². The van der Waals surface area contributed by atoms with Gasteiger partial charge in [-0.05, 0) is 25.7 Å². The maximum atomic E-state index is 5.33. The van der Waals surface area contributed by atoms with Gasteiger partial charge in [0.25, 0.3) is 0 Å². The Morgan fingerprint density at radius 3 is 0.889 bits per heavy atom. The van der Waals surface area contributed by atoms with E-state index in [0.717, 1.165) is 51.4 Å². The Labute approximate surface area is 209 Å². The van der Waals surface area contributed by atoms with Gasteiger partial charge >= 0.3 is 27.7 Å². The monoisotopic (exact) mass is 684 g/mol. The molecule has 0 aliphatic heterocycles. The van der Waals surface area contributed by atoms with E-state index in [2.05, 4.69) is 27.7 Å². The third-order valence-corrected chi connectivity index (χ3v) is 7.51. The molecule has 0 N–H and O–H groups in total. The van der Waals surface area contributed by atoms with Gasteiger partial charge in [0.2, 0.25) is 0 Å². The van der Waals surface area contributed by atoms with Crippen molar-refractivity contribution in [2.75, 3.05) is 26.4 Å². The summed E-state index contributed by atoms with van der Waals surface area (Å²) in [4.78, 5) is 0. The van der Waals surface area contributed by atoms with Crippen LogP contribution >= 0.6 is 11.4 Å². The molecule has 0 radical (unpaired) electrons. The van der Waals surface area contributed by atoms with Gasteiger partial charge < -0.3 is 42.6 Å². The van der Waals surface area contributed by atoms with E-state index < -0.39 is 11.4 Å². The van der Waals surface area contributed by atoms with Crippen LogP contribution in [0.3, 0.4) is 0 Å². The predicted octanol–water partition coefficient (Wildman–Crippen LogP) is 6.78. The summed E-state index contributed by atoms with van der Waals surface area (Å²) < 4.78 is 21.3. The second kappa shape index (κ2) is 23.4. The van der Waals surface area contributed by atoms with E-state index in [-0.39, 0.29) is 27.7 Å². The molecule has 160 valence electrons. The summed E-state index contributed by atoms with van der Waals surface area (Å²) in [6.07, 6.45) is 8.41. The van der Waals surface area contributed by atoms with Crippen LogP contribution in [-0.2, 0) is 93.9 Å². The molecule has 0 rings (SSSR count). The van der Waals surface area contributed by atoms with E-state index in [1.807, 2.05) is 0 Å². The first kappa shape index (κ1) is 34.4. The van der Waals surface area contributed by atoms with Crippen molar-refractivity contribution in [2.45, 2.75) is 79.1 Å². The molecular formula is C16H36HgO4P2S4. The third kappa shape index (κ3) is 28.8. The Hall–Kier alpha value is 2.78. The molecule has 0 aromatic rings. The Morgan fingerprint density at radius 2 is 0.741 bits per heavy atom. The molecule has 0 saturated heterocycles. The Balaban J connectivity index is -0.000000411. The standard InChI is InChI=1S/2C8H19O2PS2.Hg/c2*1-3-5-7-9-11(12,13)10-8-6-4-2;/h2*3-8H2,1-2H3,(H,12,13);/q;;+2/p-2. The van der Waals surface area contributed by atoms with Crippen molar-refractivity contribution in [3.8, 4) is 0 Å². The van der Waals surface area contributed by atoms with E-state index in [1.54, 1.807) is 0 Å². The Kier molecular flexibility index (Phi) is 29.9. The van der Waals surface area contributed by atoms with Crippen molar-refractivity contribution in [1.29, 1.82) is 0 Å². The first-order valence-corrected chi connectivity index (χ1v) is 16.7.